The summed E-state index contributed by atoms with van der Waals surface area (Å²) in [7, 11) is 0. The Hall–Kier alpha value is -3.30. The average molecular weight is 371 g/mol. The number of aromatic hydroxyl groups is 1. The molecule has 0 heterocycles. The molecule has 0 bridgehead atoms. The van der Waals surface area contributed by atoms with Crippen LogP contribution in [-0.2, 0) is 9.53 Å². The Bertz CT molecular complexity index is 899. The van der Waals surface area contributed by atoms with E-state index < -0.39 is 11.9 Å². The fraction of sp³-hybridized carbons (Fsp3) is 0.105. The first kappa shape index (κ1) is 19.0. The van der Waals surface area contributed by atoms with E-state index in [0.29, 0.717) is 16.8 Å². The van der Waals surface area contributed by atoms with Crippen molar-refractivity contribution in [3.8, 4) is 11.8 Å². The average Bonchev–Trinajstić information content (AvgIpc) is 2.63. The largest absolute Gasteiger partial charge is 0.506 e. The number of amides is 1. The Balaban J connectivity index is 2.14. The maximum atomic E-state index is 12.2. The summed E-state index contributed by atoms with van der Waals surface area (Å²) in [5.74, 6) is -1.15. The van der Waals surface area contributed by atoms with Crippen LogP contribution in [0.1, 0.15) is 22.8 Å². The molecule has 0 radical (unpaired) electrons. The van der Waals surface area contributed by atoms with Crippen molar-refractivity contribution < 1.29 is 19.4 Å². The van der Waals surface area contributed by atoms with E-state index in [1.807, 2.05) is 6.07 Å². The number of hydrogen-bond acceptors (Lipinski definition) is 5. The highest BCUT2D eigenvalue weighted by Gasteiger charge is 2.11. The maximum absolute atomic E-state index is 12.2. The van der Waals surface area contributed by atoms with Gasteiger partial charge < -0.3 is 15.2 Å². The molecule has 0 atom stereocenters. The molecule has 7 heteroatoms. The van der Waals surface area contributed by atoms with E-state index in [4.69, 9.17) is 16.3 Å². The summed E-state index contributed by atoms with van der Waals surface area (Å²) in [5, 5.41) is 21.3. The van der Waals surface area contributed by atoms with Gasteiger partial charge in [-0.25, -0.2) is 4.79 Å². The van der Waals surface area contributed by atoms with E-state index in [0.717, 1.165) is 0 Å². The maximum Gasteiger partial charge on any atom is 0.338 e. The number of hydrogen-bond donors (Lipinski definition) is 2. The molecule has 0 aliphatic heterocycles. The topological polar surface area (TPSA) is 99.4 Å². The van der Waals surface area contributed by atoms with Crippen molar-refractivity contribution in [3.05, 3.63) is 64.2 Å². The standard InChI is InChI=1S/C19H15ClN2O4/c1-2-26-19(25)13-4-6-15(7-5-13)22-18(24)14(11-21)9-12-3-8-17(23)16(20)10-12/h3-10,23H,2H2,1H3,(H,22,24). The van der Waals surface area contributed by atoms with Gasteiger partial charge in [0.2, 0.25) is 0 Å². The van der Waals surface area contributed by atoms with Crippen molar-refractivity contribution in [1.29, 1.82) is 5.26 Å². The Morgan fingerprint density at radius 2 is 1.96 bits per heavy atom. The van der Waals surface area contributed by atoms with Crippen LogP contribution in [0.5, 0.6) is 5.75 Å². The highest BCUT2D eigenvalue weighted by Crippen LogP contribution is 2.24. The summed E-state index contributed by atoms with van der Waals surface area (Å²) in [5.41, 5.74) is 1.14. The number of carbonyl (C=O) groups excluding carboxylic acids is 2. The molecule has 2 aromatic carbocycles. The molecule has 0 saturated carbocycles. The second-order valence-corrected chi connectivity index (χ2v) is 5.54. The van der Waals surface area contributed by atoms with E-state index in [1.54, 1.807) is 6.92 Å². The number of anilines is 1. The minimum Gasteiger partial charge on any atom is -0.506 e. The summed E-state index contributed by atoms with van der Waals surface area (Å²) >= 11 is 5.81. The number of nitrogens with zero attached hydrogens (tertiary/aromatic N) is 1. The van der Waals surface area contributed by atoms with Crippen molar-refractivity contribution >= 4 is 35.2 Å². The lowest BCUT2D eigenvalue weighted by Gasteiger charge is -2.06. The molecule has 1 amide bonds. The fourth-order valence-electron chi connectivity index (χ4n) is 2.03. The third kappa shape index (κ3) is 4.85. The second-order valence-electron chi connectivity index (χ2n) is 5.13. The Morgan fingerprint density at radius 1 is 1.27 bits per heavy atom. The number of esters is 1. The van der Waals surface area contributed by atoms with Crippen LogP contribution in [0.4, 0.5) is 5.69 Å². The van der Waals surface area contributed by atoms with Gasteiger partial charge in [-0.15, -0.1) is 0 Å². The Kier molecular flexibility index (Phi) is 6.36. The van der Waals surface area contributed by atoms with Gasteiger partial charge in [-0.05, 0) is 55.0 Å². The third-order valence-corrected chi connectivity index (χ3v) is 3.60. The van der Waals surface area contributed by atoms with Crippen LogP contribution in [0.2, 0.25) is 5.02 Å². The van der Waals surface area contributed by atoms with Crippen LogP contribution < -0.4 is 5.32 Å². The van der Waals surface area contributed by atoms with Crippen molar-refractivity contribution in [2.75, 3.05) is 11.9 Å². The van der Waals surface area contributed by atoms with E-state index in [9.17, 15) is 20.0 Å². The highest BCUT2D eigenvalue weighted by molar-refractivity contribution is 6.32. The van der Waals surface area contributed by atoms with Gasteiger partial charge in [0.05, 0.1) is 17.2 Å². The molecular weight excluding hydrogens is 356 g/mol. The molecule has 2 rings (SSSR count). The number of nitriles is 1. The number of phenolic OH excluding ortho intramolecular Hbond substituents is 1. The Morgan fingerprint density at radius 3 is 2.54 bits per heavy atom. The first-order valence-corrected chi connectivity index (χ1v) is 8.01. The lowest BCUT2D eigenvalue weighted by molar-refractivity contribution is -0.112. The molecule has 0 aromatic heterocycles. The highest BCUT2D eigenvalue weighted by atomic mass is 35.5. The fourth-order valence-corrected chi connectivity index (χ4v) is 2.22. The SMILES string of the molecule is CCOC(=O)c1ccc(NC(=O)C(C#N)=Cc2ccc(O)c(Cl)c2)cc1. The van der Waals surface area contributed by atoms with Gasteiger partial charge in [0.25, 0.3) is 5.91 Å². The molecule has 0 aliphatic carbocycles. The molecule has 0 fully saturated rings. The van der Waals surface area contributed by atoms with Gasteiger partial charge >= 0.3 is 5.97 Å². The molecule has 0 saturated heterocycles. The lowest BCUT2D eigenvalue weighted by Crippen LogP contribution is -2.13. The molecule has 0 aliphatic rings. The van der Waals surface area contributed by atoms with Crippen molar-refractivity contribution in [1.82, 2.24) is 0 Å². The minimum atomic E-state index is -0.611. The number of benzene rings is 2. The van der Waals surface area contributed by atoms with E-state index in [2.05, 4.69) is 5.32 Å². The Labute approximate surface area is 155 Å². The molecule has 6 nitrogen and oxygen atoms in total. The van der Waals surface area contributed by atoms with Crippen LogP contribution in [0.25, 0.3) is 6.08 Å². The van der Waals surface area contributed by atoms with Crippen LogP contribution in [-0.4, -0.2) is 23.6 Å². The van der Waals surface area contributed by atoms with Crippen molar-refractivity contribution in [2.24, 2.45) is 0 Å². The van der Waals surface area contributed by atoms with E-state index in [1.165, 1.54) is 48.5 Å². The van der Waals surface area contributed by atoms with Crippen LogP contribution >= 0.6 is 11.6 Å². The quantitative estimate of drug-likeness (QED) is 0.474. The summed E-state index contributed by atoms with van der Waals surface area (Å²) in [4.78, 5) is 23.8. The molecule has 0 unspecified atom stereocenters. The predicted octanol–water partition coefficient (Wildman–Crippen LogP) is 3.77. The van der Waals surface area contributed by atoms with Gasteiger partial charge in [0, 0.05) is 5.69 Å². The lowest BCUT2D eigenvalue weighted by atomic mass is 10.1. The van der Waals surface area contributed by atoms with E-state index in [-0.39, 0.29) is 23.0 Å². The minimum absolute atomic E-state index is 0.0894. The van der Waals surface area contributed by atoms with Crippen molar-refractivity contribution in [2.45, 2.75) is 6.92 Å². The van der Waals surface area contributed by atoms with Crippen LogP contribution in [0.15, 0.2) is 48.0 Å². The first-order chi connectivity index (χ1) is 12.4. The van der Waals surface area contributed by atoms with E-state index >= 15 is 0 Å². The summed E-state index contributed by atoms with van der Waals surface area (Å²) in [6.45, 7) is 1.98. The normalized spacial score (nSPS) is 10.7. The first-order valence-electron chi connectivity index (χ1n) is 7.63. The molecule has 2 N–H and O–H groups in total. The zero-order valence-corrected chi connectivity index (χ0v) is 14.6. The zero-order chi connectivity index (χ0) is 19.1. The predicted molar refractivity (Wildman–Crippen MR) is 97.7 cm³/mol. The van der Waals surface area contributed by atoms with Gasteiger partial charge in [0.15, 0.2) is 0 Å². The van der Waals surface area contributed by atoms with Crippen LogP contribution in [0.3, 0.4) is 0 Å². The van der Waals surface area contributed by atoms with Gasteiger partial charge in [-0.3, -0.25) is 4.79 Å². The van der Waals surface area contributed by atoms with Gasteiger partial charge in [-0.2, -0.15) is 5.26 Å². The number of phenols is 1. The number of ether oxygens (including phenoxy) is 1. The number of halogens is 1. The van der Waals surface area contributed by atoms with Gasteiger partial charge in [0.1, 0.15) is 17.4 Å². The van der Waals surface area contributed by atoms with Crippen LogP contribution in [0, 0.1) is 11.3 Å². The smallest absolute Gasteiger partial charge is 0.338 e. The van der Waals surface area contributed by atoms with Gasteiger partial charge in [-0.1, -0.05) is 17.7 Å². The monoisotopic (exact) mass is 370 g/mol. The molecule has 132 valence electrons. The summed E-state index contributed by atoms with van der Waals surface area (Å²) in [6.07, 6.45) is 1.35. The summed E-state index contributed by atoms with van der Waals surface area (Å²) < 4.78 is 4.88. The molecule has 2 aromatic rings. The van der Waals surface area contributed by atoms with Crippen molar-refractivity contribution in [3.63, 3.8) is 0 Å². The summed E-state index contributed by atoms with van der Waals surface area (Å²) in [6, 6.07) is 12.3. The number of nitrogens with one attached hydrogen (secondary N) is 1. The third-order valence-electron chi connectivity index (χ3n) is 3.30. The zero-order valence-electron chi connectivity index (χ0n) is 13.8. The molecular formula is C19H15ClN2O4. The molecule has 26 heavy (non-hydrogen) atoms. The number of carbonyl (C=O) groups is 2. The molecule has 0 spiro atoms. The number of rotatable bonds is 5. The second kappa shape index (κ2) is 8.70.